The van der Waals surface area contributed by atoms with Crippen LogP contribution in [0, 0.1) is 6.92 Å². The highest BCUT2D eigenvalue weighted by molar-refractivity contribution is 5.86. The van der Waals surface area contributed by atoms with E-state index in [-0.39, 0.29) is 11.9 Å². The lowest BCUT2D eigenvalue weighted by Crippen LogP contribution is -2.40. The lowest BCUT2D eigenvalue weighted by Gasteiger charge is -2.32. The molecule has 130 valence electrons. The number of benzene rings is 1. The number of amides is 1. The maximum Gasteiger partial charge on any atom is 0.222 e. The maximum atomic E-state index is 12.7. The Hall–Kier alpha value is -2.63. The van der Waals surface area contributed by atoms with Crippen LogP contribution in [0.15, 0.2) is 37.1 Å². The van der Waals surface area contributed by atoms with Crippen molar-refractivity contribution in [3.05, 3.63) is 48.2 Å². The fourth-order valence-electron chi connectivity index (χ4n) is 3.77. The van der Waals surface area contributed by atoms with Crippen LogP contribution in [0.5, 0.6) is 0 Å². The number of hydrogen-bond acceptors (Lipinski definition) is 3. The number of piperidine rings is 1. The second-order valence-corrected chi connectivity index (χ2v) is 6.82. The van der Waals surface area contributed by atoms with Crippen molar-refractivity contribution in [3.63, 3.8) is 0 Å². The lowest BCUT2D eigenvalue weighted by atomic mass is 10.0. The summed E-state index contributed by atoms with van der Waals surface area (Å²) < 4.78 is 1.88. The summed E-state index contributed by atoms with van der Waals surface area (Å²) in [5.74, 6) is 0.229. The maximum absolute atomic E-state index is 12.7. The van der Waals surface area contributed by atoms with Gasteiger partial charge < -0.3 is 9.88 Å². The van der Waals surface area contributed by atoms with E-state index in [1.807, 2.05) is 15.8 Å². The van der Waals surface area contributed by atoms with Gasteiger partial charge >= 0.3 is 0 Å². The predicted molar refractivity (Wildman–Crippen MR) is 96.2 cm³/mol. The molecule has 1 amide bonds. The van der Waals surface area contributed by atoms with Gasteiger partial charge in [0.15, 0.2) is 0 Å². The molecule has 2 aromatic heterocycles. The third kappa shape index (κ3) is 3.16. The van der Waals surface area contributed by atoms with Crippen LogP contribution in [0.3, 0.4) is 0 Å². The average Bonchev–Trinajstić information content (AvgIpc) is 3.30. The number of aryl methyl sites for hydroxylation is 2. The van der Waals surface area contributed by atoms with Crippen molar-refractivity contribution in [1.29, 1.82) is 0 Å². The zero-order valence-corrected chi connectivity index (χ0v) is 14.5. The summed E-state index contributed by atoms with van der Waals surface area (Å²) >= 11 is 0. The summed E-state index contributed by atoms with van der Waals surface area (Å²) in [6.45, 7) is 3.68. The highest BCUT2D eigenvalue weighted by atomic mass is 16.2. The zero-order valence-electron chi connectivity index (χ0n) is 14.5. The van der Waals surface area contributed by atoms with E-state index < -0.39 is 0 Å². The molecule has 6 nitrogen and oxygen atoms in total. The predicted octanol–water partition coefficient (Wildman–Crippen LogP) is 2.86. The summed E-state index contributed by atoms with van der Waals surface area (Å²) in [7, 11) is 0. The summed E-state index contributed by atoms with van der Waals surface area (Å²) in [6, 6.07) is 6.55. The number of carbonyl (C=O) groups excluding carboxylic acids is 1. The number of rotatable bonds is 4. The molecule has 1 saturated heterocycles. The Bertz CT molecular complexity index is 867. The summed E-state index contributed by atoms with van der Waals surface area (Å²) in [4.78, 5) is 22.0. The zero-order chi connectivity index (χ0) is 17.2. The van der Waals surface area contributed by atoms with E-state index >= 15 is 0 Å². The largest absolute Gasteiger partial charge is 0.361 e. The number of aromatic nitrogens is 4. The first-order chi connectivity index (χ1) is 12.2. The van der Waals surface area contributed by atoms with E-state index in [0.717, 1.165) is 32.4 Å². The molecule has 1 aliphatic heterocycles. The second kappa shape index (κ2) is 6.70. The van der Waals surface area contributed by atoms with E-state index in [4.69, 9.17) is 0 Å². The lowest BCUT2D eigenvalue weighted by molar-refractivity contribution is -0.132. The van der Waals surface area contributed by atoms with Crippen molar-refractivity contribution < 1.29 is 4.79 Å². The van der Waals surface area contributed by atoms with Gasteiger partial charge in [0.2, 0.25) is 5.91 Å². The molecule has 25 heavy (non-hydrogen) atoms. The van der Waals surface area contributed by atoms with Gasteiger partial charge in [0.25, 0.3) is 0 Å². The van der Waals surface area contributed by atoms with Gasteiger partial charge in [-0.1, -0.05) is 18.2 Å². The molecule has 0 radical (unpaired) electrons. The highest BCUT2D eigenvalue weighted by Crippen LogP contribution is 2.24. The number of likely N-dealkylation sites (tertiary alicyclic amines) is 1. The van der Waals surface area contributed by atoms with Gasteiger partial charge in [-0.2, -0.15) is 5.10 Å². The van der Waals surface area contributed by atoms with Crippen molar-refractivity contribution in [1.82, 2.24) is 24.6 Å². The first-order valence-electron chi connectivity index (χ1n) is 8.90. The van der Waals surface area contributed by atoms with Crippen molar-refractivity contribution in [3.8, 4) is 0 Å². The number of carbonyl (C=O) groups is 1. The number of aromatic amines is 1. The number of H-pyrrole nitrogens is 1. The van der Waals surface area contributed by atoms with Crippen LogP contribution in [0.2, 0.25) is 0 Å². The highest BCUT2D eigenvalue weighted by Gasteiger charge is 2.25. The molecule has 0 spiro atoms. The van der Waals surface area contributed by atoms with Gasteiger partial charge in [0.05, 0.1) is 6.04 Å². The molecule has 1 fully saturated rings. The summed E-state index contributed by atoms with van der Waals surface area (Å²) in [5, 5.41) is 5.45. The number of nitrogens with one attached hydrogen (secondary N) is 1. The van der Waals surface area contributed by atoms with Crippen molar-refractivity contribution in [2.24, 2.45) is 0 Å². The Labute approximate surface area is 146 Å². The van der Waals surface area contributed by atoms with Crippen LogP contribution >= 0.6 is 0 Å². The molecule has 1 aliphatic rings. The van der Waals surface area contributed by atoms with Crippen LogP contribution in [0.1, 0.15) is 36.4 Å². The normalized spacial score (nSPS) is 18.0. The van der Waals surface area contributed by atoms with Crippen LogP contribution < -0.4 is 0 Å². The number of nitrogens with zero attached hydrogens (tertiary/aromatic N) is 4. The quantitative estimate of drug-likeness (QED) is 0.796. The van der Waals surface area contributed by atoms with Crippen LogP contribution in [-0.2, 0) is 11.2 Å². The smallest absolute Gasteiger partial charge is 0.222 e. The Kier molecular flexibility index (Phi) is 4.26. The number of fused-ring (bicyclic) bond motifs is 1. The fourth-order valence-corrected chi connectivity index (χ4v) is 3.77. The van der Waals surface area contributed by atoms with Crippen LogP contribution in [-0.4, -0.2) is 43.6 Å². The summed E-state index contributed by atoms with van der Waals surface area (Å²) in [5.41, 5.74) is 3.63. The first kappa shape index (κ1) is 15.9. The third-order valence-electron chi connectivity index (χ3n) is 5.18. The topological polar surface area (TPSA) is 66.8 Å². The van der Waals surface area contributed by atoms with Gasteiger partial charge in [-0.15, -0.1) is 0 Å². The first-order valence-corrected chi connectivity index (χ1v) is 8.90. The molecule has 1 aromatic carbocycles. The van der Waals surface area contributed by atoms with Gasteiger partial charge in [0, 0.05) is 36.6 Å². The molecule has 0 unspecified atom stereocenters. The fraction of sp³-hybridized carbons (Fsp3) is 0.421. The SMILES string of the molecule is Cc1cccc2c(CCC(=O)N3CCC[C@H](n4cncn4)C3)c[nH]c12. The number of para-hydroxylation sites is 1. The van der Waals surface area contributed by atoms with Gasteiger partial charge in [-0.25, -0.2) is 9.67 Å². The Balaban J connectivity index is 1.40. The minimum absolute atomic E-state index is 0.229. The molecular formula is C19H23N5O. The van der Waals surface area contributed by atoms with Crippen molar-refractivity contribution in [2.75, 3.05) is 13.1 Å². The van der Waals surface area contributed by atoms with Gasteiger partial charge in [0.1, 0.15) is 12.7 Å². The van der Waals surface area contributed by atoms with Crippen molar-refractivity contribution in [2.45, 2.75) is 38.6 Å². The molecule has 4 rings (SSSR count). The molecule has 3 aromatic rings. The monoisotopic (exact) mass is 337 g/mol. The van der Waals surface area contributed by atoms with E-state index in [0.29, 0.717) is 6.42 Å². The Morgan fingerprint density at radius 3 is 3.16 bits per heavy atom. The van der Waals surface area contributed by atoms with Gasteiger partial charge in [-0.3, -0.25) is 4.79 Å². The third-order valence-corrected chi connectivity index (χ3v) is 5.18. The minimum atomic E-state index is 0.229. The Morgan fingerprint density at radius 1 is 1.40 bits per heavy atom. The second-order valence-electron chi connectivity index (χ2n) is 6.82. The van der Waals surface area contributed by atoms with Crippen LogP contribution in [0.4, 0.5) is 0 Å². The average molecular weight is 337 g/mol. The molecule has 0 saturated carbocycles. The van der Waals surface area contributed by atoms with E-state index in [1.165, 1.54) is 22.0 Å². The molecule has 1 N–H and O–H groups in total. The molecule has 0 aliphatic carbocycles. The Morgan fingerprint density at radius 2 is 2.32 bits per heavy atom. The van der Waals surface area contributed by atoms with Crippen LogP contribution in [0.25, 0.3) is 10.9 Å². The molecule has 3 heterocycles. The summed E-state index contributed by atoms with van der Waals surface area (Å²) in [6.07, 6.45) is 8.72. The molecule has 1 atom stereocenters. The van der Waals surface area contributed by atoms with Crippen molar-refractivity contribution >= 4 is 16.8 Å². The minimum Gasteiger partial charge on any atom is -0.361 e. The standard InChI is InChI=1S/C19H23N5O/c1-14-4-2-6-17-15(10-21-19(14)17)7-8-18(25)23-9-3-5-16(11-23)24-13-20-12-22-24/h2,4,6,10,12-13,16,21H,3,5,7-9,11H2,1H3/t16-/m0/s1. The molecule has 0 bridgehead atoms. The van der Waals surface area contributed by atoms with E-state index in [1.54, 1.807) is 12.7 Å². The molecule has 6 heteroatoms. The van der Waals surface area contributed by atoms with E-state index in [9.17, 15) is 4.79 Å². The number of hydrogen-bond donors (Lipinski definition) is 1. The van der Waals surface area contributed by atoms with Gasteiger partial charge in [-0.05, 0) is 37.3 Å². The molecular weight excluding hydrogens is 314 g/mol. The van der Waals surface area contributed by atoms with E-state index in [2.05, 4.69) is 40.2 Å².